The van der Waals surface area contributed by atoms with Crippen LogP contribution in [0.25, 0.3) is 0 Å². The maximum absolute atomic E-state index is 11.3. The van der Waals surface area contributed by atoms with Crippen LogP contribution in [-0.4, -0.2) is 35.2 Å². The van der Waals surface area contributed by atoms with Gasteiger partial charge in [-0.3, -0.25) is 4.68 Å². The van der Waals surface area contributed by atoms with Gasteiger partial charge in [-0.1, -0.05) is 0 Å². The summed E-state index contributed by atoms with van der Waals surface area (Å²) in [6.45, 7) is 0. The molecule has 0 bridgehead atoms. The Morgan fingerprint density at radius 2 is 2.40 bits per heavy atom. The lowest BCUT2D eigenvalue weighted by molar-refractivity contribution is 0.468. The molecule has 1 atom stereocenters. The Labute approximate surface area is 89.2 Å². The van der Waals surface area contributed by atoms with Crippen LogP contribution < -0.4 is 5.73 Å². The van der Waals surface area contributed by atoms with Gasteiger partial charge in [0.15, 0.2) is 9.84 Å². The Hall–Kier alpha value is -0.880. The largest absolute Gasteiger partial charge is 0.324 e. The van der Waals surface area contributed by atoms with Crippen molar-refractivity contribution in [1.29, 1.82) is 0 Å². The Balaban J connectivity index is 2.13. The minimum Gasteiger partial charge on any atom is -0.324 e. The standard InChI is InChI=1S/C9H15N3O2S/c1-12-4-2-8(11-12)6-9(10)3-5-15(13,14)7-9/h2,4H,3,5-7,10H2,1H3. The fourth-order valence-corrected chi connectivity index (χ4v) is 3.98. The Morgan fingerprint density at radius 1 is 1.67 bits per heavy atom. The van der Waals surface area contributed by atoms with Crippen LogP contribution in [0.2, 0.25) is 0 Å². The minimum absolute atomic E-state index is 0.0799. The second-order valence-electron chi connectivity index (χ2n) is 4.36. The molecule has 2 N–H and O–H groups in total. The molecule has 0 aromatic carbocycles. The maximum atomic E-state index is 11.3. The molecular formula is C9H15N3O2S. The molecule has 1 aliphatic heterocycles. The highest BCUT2D eigenvalue weighted by atomic mass is 32.2. The number of sulfone groups is 1. The zero-order valence-corrected chi connectivity index (χ0v) is 9.50. The number of hydrogen-bond donors (Lipinski definition) is 1. The van der Waals surface area contributed by atoms with Crippen LogP contribution in [0.1, 0.15) is 12.1 Å². The molecule has 1 fully saturated rings. The Morgan fingerprint density at radius 3 is 2.87 bits per heavy atom. The van der Waals surface area contributed by atoms with E-state index < -0.39 is 15.4 Å². The van der Waals surface area contributed by atoms with Gasteiger partial charge < -0.3 is 5.73 Å². The van der Waals surface area contributed by atoms with Crippen molar-refractivity contribution in [2.24, 2.45) is 12.8 Å². The van der Waals surface area contributed by atoms with E-state index in [0.29, 0.717) is 12.8 Å². The Bertz CT molecular complexity index is 465. The van der Waals surface area contributed by atoms with Crippen molar-refractivity contribution in [1.82, 2.24) is 9.78 Å². The van der Waals surface area contributed by atoms with Crippen molar-refractivity contribution in [3.63, 3.8) is 0 Å². The normalized spacial score (nSPS) is 29.5. The molecule has 1 saturated heterocycles. The quantitative estimate of drug-likeness (QED) is 0.740. The first-order chi connectivity index (χ1) is 6.89. The van der Waals surface area contributed by atoms with Crippen molar-refractivity contribution < 1.29 is 8.42 Å². The first-order valence-corrected chi connectivity index (χ1v) is 6.69. The second kappa shape index (κ2) is 3.31. The van der Waals surface area contributed by atoms with Gasteiger partial charge >= 0.3 is 0 Å². The molecule has 0 aliphatic carbocycles. The van der Waals surface area contributed by atoms with Crippen molar-refractivity contribution in [3.8, 4) is 0 Å². The number of nitrogens with two attached hydrogens (primary N) is 1. The van der Waals surface area contributed by atoms with Gasteiger partial charge in [-0.25, -0.2) is 8.42 Å². The van der Waals surface area contributed by atoms with E-state index in [2.05, 4.69) is 5.10 Å². The predicted molar refractivity (Wildman–Crippen MR) is 57.1 cm³/mol. The summed E-state index contributed by atoms with van der Waals surface area (Å²) in [6.07, 6.45) is 2.90. The van der Waals surface area contributed by atoms with Crippen molar-refractivity contribution >= 4 is 9.84 Å². The first-order valence-electron chi connectivity index (χ1n) is 4.86. The molecule has 2 heterocycles. The lowest BCUT2D eigenvalue weighted by Crippen LogP contribution is -2.43. The third kappa shape index (κ3) is 2.38. The Kier molecular flexibility index (Phi) is 2.35. The molecule has 0 radical (unpaired) electrons. The average Bonchev–Trinajstić information content (AvgIpc) is 2.57. The fraction of sp³-hybridized carbons (Fsp3) is 0.667. The number of hydrogen-bond acceptors (Lipinski definition) is 4. The van der Waals surface area contributed by atoms with Gasteiger partial charge in [-0.05, 0) is 12.5 Å². The molecule has 6 heteroatoms. The highest BCUT2D eigenvalue weighted by Gasteiger charge is 2.39. The molecular weight excluding hydrogens is 214 g/mol. The molecule has 1 unspecified atom stereocenters. The number of nitrogens with zero attached hydrogens (tertiary/aromatic N) is 2. The molecule has 0 spiro atoms. The molecule has 0 saturated carbocycles. The third-order valence-corrected chi connectivity index (χ3v) is 4.56. The molecule has 15 heavy (non-hydrogen) atoms. The van der Waals surface area contributed by atoms with Gasteiger partial charge in [-0.15, -0.1) is 0 Å². The van der Waals surface area contributed by atoms with E-state index in [0.717, 1.165) is 5.69 Å². The smallest absolute Gasteiger partial charge is 0.152 e. The second-order valence-corrected chi connectivity index (χ2v) is 6.55. The van der Waals surface area contributed by atoms with E-state index in [1.165, 1.54) is 0 Å². The minimum atomic E-state index is -2.93. The lowest BCUT2D eigenvalue weighted by atomic mass is 9.94. The van der Waals surface area contributed by atoms with Gasteiger partial charge in [-0.2, -0.15) is 5.10 Å². The van der Waals surface area contributed by atoms with Crippen LogP contribution in [0.3, 0.4) is 0 Å². The van der Waals surface area contributed by atoms with Gasteiger partial charge in [0.25, 0.3) is 0 Å². The summed E-state index contributed by atoms with van der Waals surface area (Å²) in [5.74, 6) is 0.285. The lowest BCUT2D eigenvalue weighted by Gasteiger charge is -2.20. The first kappa shape index (κ1) is 10.6. The van der Waals surface area contributed by atoms with E-state index in [-0.39, 0.29) is 11.5 Å². The SMILES string of the molecule is Cn1ccc(CC2(N)CCS(=O)(=O)C2)n1. The van der Waals surface area contributed by atoms with Crippen LogP contribution in [0.5, 0.6) is 0 Å². The highest BCUT2D eigenvalue weighted by molar-refractivity contribution is 7.91. The summed E-state index contributed by atoms with van der Waals surface area (Å²) in [5, 5.41) is 4.21. The van der Waals surface area contributed by atoms with Crippen LogP contribution in [0.4, 0.5) is 0 Å². The van der Waals surface area contributed by atoms with Gasteiger partial charge in [0.05, 0.1) is 17.2 Å². The average molecular weight is 229 g/mol. The van der Waals surface area contributed by atoms with Crippen LogP contribution in [-0.2, 0) is 23.3 Å². The summed E-state index contributed by atoms with van der Waals surface area (Å²) in [6, 6.07) is 1.87. The number of rotatable bonds is 2. The molecule has 1 aromatic heterocycles. The van der Waals surface area contributed by atoms with Crippen molar-refractivity contribution in [2.75, 3.05) is 11.5 Å². The summed E-state index contributed by atoms with van der Waals surface area (Å²) >= 11 is 0. The van der Waals surface area contributed by atoms with E-state index in [4.69, 9.17) is 5.73 Å². The zero-order valence-electron chi connectivity index (χ0n) is 8.68. The molecule has 1 aliphatic rings. The zero-order chi connectivity index (χ0) is 11.1. The van der Waals surface area contributed by atoms with Crippen LogP contribution in [0, 0.1) is 0 Å². The molecule has 0 amide bonds. The third-order valence-electron chi connectivity index (χ3n) is 2.72. The van der Waals surface area contributed by atoms with E-state index in [1.54, 1.807) is 4.68 Å². The monoisotopic (exact) mass is 229 g/mol. The summed E-state index contributed by atoms with van der Waals surface area (Å²) < 4.78 is 24.4. The molecule has 1 aromatic rings. The van der Waals surface area contributed by atoms with E-state index in [1.807, 2.05) is 19.3 Å². The topological polar surface area (TPSA) is 78.0 Å². The van der Waals surface area contributed by atoms with Crippen LogP contribution in [0.15, 0.2) is 12.3 Å². The molecule has 5 nitrogen and oxygen atoms in total. The predicted octanol–water partition coefficient (Wildman–Crippen LogP) is -0.521. The number of aromatic nitrogens is 2. The summed E-state index contributed by atoms with van der Waals surface area (Å²) in [4.78, 5) is 0. The summed E-state index contributed by atoms with van der Waals surface area (Å²) in [7, 11) is -1.10. The molecule has 84 valence electrons. The summed E-state index contributed by atoms with van der Waals surface area (Å²) in [5.41, 5.74) is 6.29. The highest BCUT2D eigenvalue weighted by Crippen LogP contribution is 2.24. The maximum Gasteiger partial charge on any atom is 0.152 e. The van der Waals surface area contributed by atoms with E-state index >= 15 is 0 Å². The van der Waals surface area contributed by atoms with Crippen LogP contribution >= 0.6 is 0 Å². The van der Waals surface area contributed by atoms with Crippen molar-refractivity contribution in [3.05, 3.63) is 18.0 Å². The van der Waals surface area contributed by atoms with Gasteiger partial charge in [0.1, 0.15) is 0 Å². The number of aryl methyl sites for hydroxylation is 1. The van der Waals surface area contributed by atoms with E-state index in [9.17, 15) is 8.42 Å². The molecule has 2 rings (SSSR count). The van der Waals surface area contributed by atoms with Crippen molar-refractivity contribution in [2.45, 2.75) is 18.4 Å². The van der Waals surface area contributed by atoms with Gasteiger partial charge in [0, 0.05) is 25.2 Å². The van der Waals surface area contributed by atoms with Gasteiger partial charge in [0.2, 0.25) is 0 Å². The fourth-order valence-electron chi connectivity index (χ4n) is 2.00.